The van der Waals surface area contributed by atoms with Gasteiger partial charge in [-0.05, 0) is 31.6 Å². The monoisotopic (exact) mass is 275 g/mol. The number of hydrogen-bond donors (Lipinski definition) is 0. The SMILES string of the molecule is CCCC(CCC)c1c(C(F)(F)F)noc1C1CC1. The van der Waals surface area contributed by atoms with Gasteiger partial charge in [-0.2, -0.15) is 13.2 Å². The van der Waals surface area contributed by atoms with Crippen molar-refractivity contribution in [1.82, 2.24) is 5.16 Å². The van der Waals surface area contributed by atoms with Gasteiger partial charge in [-0.1, -0.05) is 31.8 Å². The third kappa shape index (κ3) is 3.12. The molecule has 0 radical (unpaired) electrons. The van der Waals surface area contributed by atoms with Crippen LogP contribution in [0.15, 0.2) is 4.52 Å². The molecule has 2 nitrogen and oxygen atoms in total. The van der Waals surface area contributed by atoms with E-state index in [1.54, 1.807) is 0 Å². The van der Waals surface area contributed by atoms with Crippen molar-refractivity contribution in [3.63, 3.8) is 0 Å². The Morgan fingerprint density at radius 3 is 2.21 bits per heavy atom. The van der Waals surface area contributed by atoms with Gasteiger partial charge in [-0.3, -0.25) is 0 Å². The van der Waals surface area contributed by atoms with E-state index in [0.29, 0.717) is 11.3 Å². The van der Waals surface area contributed by atoms with Crippen LogP contribution in [0.1, 0.15) is 81.2 Å². The smallest absolute Gasteiger partial charge is 0.360 e. The number of halogens is 3. The van der Waals surface area contributed by atoms with Gasteiger partial charge in [0, 0.05) is 11.5 Å². The molecule has 0 N–H and O–H groups in total. The molecule has 1 aromatic rings. The van der Waals surface area contributed by atoms with Gasteiger partial charge in [0.1, 0.15) is 5.76 Å². The molecule has 0 atom stereocenters. The summed E-state index contributed by atoms with van der Waals surface area (Å²) >= 11 is 0. The zero-order valence-electron chi connectivity index (χ0n) is 11.4. The lowest BCUT2D eigenvalue weighted by molar-refractivity contribution is -0.143. The van der Waals surface area contributed by atoms with Gasteiger partial charge in [-0.25, -0.2) is 0 Å². The number of alkyl halides is 3. The Bertz CT molecular complexity index is 415. The summed E-state index contributed by atoms with van der Waals surface area (Å²) in [6.45, 7) is 4.00. The zero-order chi connectivity index (χ0) is 14.0. The average molecular weight is 275 g/mol. The number of hydrogen-bond acceptors (Lipinski definition) is 2. The number of nitrogens with zero attached hydrogens (tertiary/aromatic N) is 1. The van der Waals surface area contributed by atoms with Gasteiger partial charge in [0.15, 0.2) is 5.69 Å². The summed E-state index contributed by atoms with van der Waals surface area (Å²) in [5.41, 5.74) is -0.444. The molecule has 1 aromatic heterocycles. The van der Waals surface area contributed by atoms with E-state index < -0.39 is 11.9 Å². The molecular formula is C14H20F3NO. The van der Waals surface area contributed by atoms with Crippen LogP contribution in [0.2, 0.25) is 0 Å². The van der Waals surface area contributed by atoms with Crippen molar-refractivity contribution in [1.29, 1.82) is 0 Å². The maximum Gasteiger partial charge on any atom is 0.437 e. The van der Waals surface area contributed by atoms with Crippen LogP contribution in [0, 0.1) is 0 Å². The Balaban J connectivity index is 2.40. The first kappa shape index (κ1) is 14.4. The average Bonchev–Trinajstić information content (AvgIpc) is 3.06. The molecule has 1 heterocycles. The first-order chi connectivity index (χ1) is 8.99. The minimum Gasteiger partial charge on any atom is -0.360 e. The first-order valence-electron chi connectivity index (χ1n) is 7.05. The third-order valence-corrected chi connectivity index (χ3v) is 3.66. The summed E-state index contributed by atoms with van der Waals surface area (Å²) in [4.78, 5) is 0. The highest BCUT2D eigenvalue weighted by atomic mass is 19.4. The molecule has 108 valence electrons. The third-order valence-electron chi connectivity index (χ3n) is 3.66. The Morgan fingerprint density at radius 2 is 1.79 bits per heavy atom. The molecule has 0 aliphatic heterocycles. The summed E-state index contributed by atoms with van der Waals surface area (Å²) in [7, 11) is 0. The van der Waals surface area contributed by atoms with E-state index in [9.17, 15) is 13.2 Å². The molecule has 1 saturated carbocycles. The summed E-state index contributed by atoms with van der Waals surface area (Å²) < 4.78 is 44.2. The van der Waals surface area contributed by atoms with E-state index in [0.717, 1.165) is 38.5 Å². The van der Waals surface area contributed by atoms with E-state index in [4.69, 9.17) is 4.52 Å². The topological polar surface area (TPSA) is 26.0 Å². The second-order valence-electron chi connectivity index (χ2n) is 5.36. The van der Waals surface area contributed by atoms with Gasteiger partial charge in [0.05, 0.1) is 0 Å². The van der Waals surface area contributed by atoms with Crippen LogP contribution in [-0.4, -0.2) is 5.16 Å². The summed E-state index contributed by atoms with van der Waals surface area (Å²) in [6.07, 6.45) is 0.699. The predicted octanol–water partition coefficient (Wildman–Crippen LogP) is 5.25. The van der Waals surface area contributed by atoms with Crippen LogP contribution >= 0.6 is 0 Å². The van der Waals surface area contributed by atoms with Crippen LogP contribution in [0.3, 0.4) is 0 Å². The molecule has 19 heavy (non-hydrogen) atoms. The van der Waals surface area contributed by atoms with Crippen LogP contribution in [0.5, 0.6) is 0 Å². The van der Waals surface area contributed by atoms with Gasteiger partial charge in [0.2, 0.25) is 0 Å². The largest absolute Gasteiger partial charge is 0.437 e. The quantitative estimate of drug-likeness (QED) is 0.708. The van der Waals surface area contributed by atoms with E-state index in [-0.39, 0.29) is 11.8 Å². The van der Waals surface area contributed by atoms with Gasteiger partial charge >= 0.3 is 6.18 Å². The Hall–Kier alpha value is -1.00. The highest BCUT2D eigenvalue weighted by Crippen LogP contribution is 2.48. The lowest BCUT2D eigenvalue weighted by Crippen LogP contribution is -2.12. The molecule has 1 aliphatic rings. The van der Waals surface area contributed by atoms with Crippen molar-refractivity contribution in [2.45, 2.75) is 70.4 Å². The molecule has 1 aliphatic carbocycles. The maximum absolute atomic E-state index is 13.1. The molecule has 0 unspecified atom stereocenters. The number of rotatable bonds is 6. The fourth-order valence-corrected chi connectivity index (χ4v) is 2.68. The first-order valence-corrected chi connectivity index (χ1v) is 7.05. The molecule has 0 aromatic carbocycles. The fraction of sp³-hybridized carbons (Fsp3) is 0.786. The van der Waals surface area contributed by atoms with Gasteiger partial charge in [-0.15, -0.1) is 0 Å². The van der Waals surface area contributed by atoms with Crippen LogP contribution in [0.25, 0.3) is 0 Å². The second-order valence-corrected chi connectivity index (χ2v) is 5.36. The molecule has 5 heteroatoms. The summed E-state index contributed by atoms with van der Waals surface area (Å²) in [5, 5.41) is 3.33. The minimum absolute atomic E-state index is 0.0755. The molecule has 0 spiro atoms. The van der Waals surface area contributed by atoms with Gasteiger partial charge < -0.3 is 4.52 Å². The fourth-order valence-electron chi connectivity index (χ4n) is 2.68. The lowest BCUT2D eigenvalue weighted by Gasteiger charge is -2.17. The van der Waals surface area contributed by atoms with Crippen molar-refractivity contribution >= 4 is 0 Å². The molecule has 2 rings (SSSR count). The van der Waals surface area contributed by atoms with E-state index in [1.165, 1.54) is 0 Å². The molecule has 1 fully saturated rings. The Labute approximate surface area is 111 Å². The lowest BCUT2D eigenvalue weighted by atomic mass is 9.87. The second kappa shape index (κ2) is 5.55. The van der Waals surface area contributed by atoms with Crippen molar-refractivity contribution in [2.75, 3.05) is 0 Å². The van der Waals surface area contributed by atoms with E-state index >= 15 is 0 Å². The van der Waals surface area contributed by atoms with Crippen LogP contribution in [-0.2, 0) is 6.18 Å². The van der Waals surface area contributed by atoms with Crippen molar-refractivity contribution in [2.24, 2.45) is 0 Å². The van der Waals surface area contributed by atoms with E-state index in [1.807, 2.05) is 13.8 Å². The standard InChI is InChI=1S/C14H20F3NO/c1-3-5-9(6-4-2)11-12(10-7-8-10)19-18-13(11)14(15,16)17/h9-10H,3-8H2,1-2H3. The van der Waals surface area contributed by atoms with Crippen LogP contribution in [0.4, 0.5) is 13.2 Å². The summed E-state index contributed by atoms with van der Waals surface area (Å²) in [5.74, 6) is 0.586. The molecule has 0 saturated heterocycles. The minimum atomic E-state index is -4.41. The zero-order valence-corrected chi connectivity index (χ0v) is 11.4. The Morgan fingerprint density at radius 1 is 1.21 bits per heavy atom. The normalized spacial score (nSPS) is 16.3. The highest BCUT2D eigenvalue weighted by molar-refractivity contribution is 5.33. The number of aromatic nitrogens is 1. The maximum atomic E-state index is 13.1. The van der Waals surface area contributed by atoms with Crippen molar-refractivity contribution < 1.29 is 17.7 Å². The molecule has 0 bridgehead atoms. The molecule has 0 amide bonds. The van der Waals surface area contributed by atoms with Crippen LogP contribution < -0.4 is 0 Å². The van der Waals surface area contributed by atoms with Crippen molar-refractivity contribution in [3.8, 4) is 0 Å². The van der Waals surface area contributed by atoms with Crippen molar-refractivity contribution in [3.05, 3.63) is 17.0 Å². The Kier molecular flexibility index (Phi) is 4.21. The van der Waals surface area contributed by atoms with E-state index in [2.05, 4.69) is 5.16 Å². The highest BCUT2D eigenvalue weighted by Gasteiger charge is 2.44. The summed E-state index contributed by atoms with van der Waals surface area (Å²) in [6, 6.07) is 0. The van der Waals surface area contributed by atoms with Gasteiger partial charge in [0.25, 0.3) is 0 Å². The predicted molar refractivity (Wildman–Crippen MR) is 66.0 cm³/mol. The molecular weight excluding hydrogens is 255 g/mol.